The van der Waals surface area contributed by atoms with Gasteiger partial charge in [-0.2, -0.15) is 0 Å². The van der Waals surface area contributed by atoms with E-state index >= 15 is 0 Å². The maximum absolute atomic E-state index is 13.0. The van der Waals surface area contributed by atoms with E-state index in [2.05, 4.69) is 13.8 Å². The molecule has 0 spiro atoms. The zero-order chi connectivity index (χ0) is 21.5. The van der Waals surface area contributed by atoms with Crippen LogP contribution >= 0.6 is 11.6 Å². The molecule has 3 rings (SSSR count). The number of amides is 2. The molecule has 0 bridgehead atoms. The molecule has 160 valence electrons. The average Bonchev–Trinajstić information content (AvgIpc) is 2.74. The molecule has 1 fully saturated rings. The van der Waals surface area contributed by atoms with Gasteiger partial charge in [0.2, 0.25) is 5.91 Å². The number of morpholine rings is 1. The molecular weight excluding hydrogens is 400 g/mol. The van der Waals surface area contributed by atoms with E-state index in [1.54, 1.807) is 29.2 Å². The van der Waals surface area contributed by atoms with E-state index in [0.29, 0.717) is 55.7 Å². The molecule has 0 aromatic heterocycles. The second-order valence-corrected chi connectivity index (χ2v) is 8.54. The lowest BCUT2D eigenvalue weighted by Gasteiger charge is -2.36. The van der Waals surface area contributed by atoms with Crippen molar-refractivity contribution < 1.29 is 14.3 Å². The van der Waals surface area contributed by atoms with Gasteiger partial charge in [0.1, 0.15) is 0 Å². The van der Waals surface area contributed by atoms with E-state index in [1.165, 1.54) is 0 Å². The zero-order valence-corrected chi connectivity index (χ0v) is 18.3. The lowest BCUT2D eigenvalue weighted by Crippen LogP contribution is -2.51. The zero-order valence-electron chi connectivity index (χ0n) is 17.6. The summed E-state index contributed by atoms with van der Waals surface area (Å²) in [6, 6.07) is 16.7. The van der Waals surface area contributed by atoms with Gasteiger partial charge >= 0.3 is 0 Å². The highest BCUT2D eigenvalue weighted by Crippen LogP contribution is 2.16. The monoisotopic (exact) mass is 428 g/mol. The van der Waals surface area contributed by atoms with Crippen molar-refractivity contribution in [3.8, 4) is 0 Å². The van der Waals surface area contributed by atoms with E-state index in [-0.39, 0.29) is 17.9 Å². The van der Waals surface area contributed by atoms with Crippen molar-refractivity contribution in [3.63, 3.8) is 0 Å². The first-order chi connectivity index (χ1) is 14.4. The van der Waals surface area contributed by atoms with E-state index in [9.17, 15) is 9.59 Å². The Balaban J connectivity index is 1.64. The number of hydrogen-bond acceptors (Lipinski definition) is 3. The molecule has 0 saturated carbocycles. The van der Waals surface area contributed by atoms with Crippen LogP contribution in [0.5, 0.6) is 0 Å². The highest BCUT2D eigenvalue weighted by atomic mass is 35.5. The fourth-order valence-corrected chi connectivity index (χ4v) is 3.76. The van der Waals surface area contributed by atoms with Crippen LogP contribution in [0.15, 0.2) is 54.6 Å². The summed E-state index contributed by atoms with van der Waals surface area (Å²) in [7, 11) is 0. The standard InChI is InChI=1S/C24H29ClN2O3/c1-18(2)15-27(23(28)14-19-6-4-3-5-7-19)17-22-16-26(12-13-30-22)24(29)20-8-10-21(25)11-9-20/h3-11,18,22H,12-17H2,1-2H3/t22-/m0/s1. The molecule has 2 aromatic rings. The molecule has 5 nitrogen and oxygen atoms in total. The normalized spacial score (nSPS) is 16.5. The molecule has 1 aliphatic rings. The summed E-state index contributed by atoms with van der Waals surface area (Å²) in [5.41, 5.74) is 1.61. The second kappa shape index (κ2) is 10.6. The Labute approximate surface area is 183 Å². The van der Waals surface area contributed by atoms with Crippen molar-refractivity contribution in [3.05, 3.63) is 70.7 Å². The quantitative estimate of drug-likeness (QED) is 0.671. The van der Waals surface area contributed by atoms with Crippen molar-refractivity contribution in [2.24, 2.45) is 5.92 Å². The molecule has 2 amide bonds. The topological polar surface area (TPSA) is 49.9 Å². The van der Waals surface area contributed by atoms with Crippen LogP contribution in [0.2, 0.25) is 5.02 Å². The van der Waals surface area contributed by atoms with Gasteiger partial charge in [-0.25, -0.2) is 0 Å². The highest BCUT2D eigenvalue weighted by Gasteiger charge is 2.28. The number of rotatable bonds is 7. The van der Waals surface area contributed by atoms with Gasteiger partial charge in [-0.3, -0.25) is 9.59 Å². The first-order valence-electron chi connectivity index (χ1n) is 10.4. The van der Waals surface area contributed by atoms with E-state index in [0.717, 1.165) is 5.56 Å². The summed E-state index contributed by atoms with van der Waals surface area (Å²) in [4.78, 5) is 29.5. The first-order valence-corrected chi connectivity index (χ1v) is 10.8. The third-order valence-electron chi connectivity index (χ3n) is 5.08. The van der Waals surface area contributed by atoms with Gasteiger partial charge in [-0.15, -0.1) is 0 Å². The van der Waals surface area contributed by atoms with Crippen LogP contribution in [0.25, 0.3) is 0 Å². The van der Waals surface area contributed by atoms with Crippen LogP contribution in [0.1, 0.15) is 29.8 Å². The number of halogens is 1. The Hall–Kier alpha value is -2.37. The summed E-state index contributed by atoms with van der Waals surface area (Å²) in [6.07, 6.45) is 0.168. The van der Waals surface area contributed by atoms with Crippen molar-refractivity contribution in [1.29, 1.82) is 0 Å². The number of ether oxygens (including phenoxy) is 1. The minimum absolute atomic E-state index is 0.0361. The molecule has 1 aliphatic heterocycles. The summed E-state index contributed by atoms with van der Waals surface area (Å²) in [5, 5.41) is 0.604. The summed E-state index contributed by atoms with van der Waals surface area (Å²) in [5.74, 6) is 0.394. The summed E-state index contributed by atoms with van der Waals surface area (Å²) >= 11 is 5.93. The van der Waals surface area contributed by atoms with Crippen LogP contribution < -0.4 is 0 Å². The van der Waals surface area contributed by atoms with Gasteiger partial charge in [0.25, 0.3) is 5.91 Å². The van der Waals surface area contributed by atoms with Gasteiger partial charge in [-0.1, -0.05) is 55.8 Å². The Morgan fingerprint density at radius 2 is 1.83 bits per heavy atom. The Morgan fingerprint density at radius 1 is 1.13 bits per heavy atom. The van der Waals surface area contributed by atoms with Crippen LogP contribution in [-0.4, -0.2) is 60.5 Å². The van der Waals surface area contributed by atoms with E-state index in [4.69, 9.17) is 16.3 Å². The average molecular weight is 429 g/mol. The highest BCUT2D eigenvalue weighted by molar-refractivity contribution is 6.30. The fourth-order valence-electron chi connectivity index (χ4n) is 3.64. The number of carbonyl (C=O) groups is 2. The Morgan fingerprint density at radius 3 is 2.50 bits per heavy atom. The SMILES string of the molecule is CC(C)CN(C[C@@H]1CN(C(=O)c2ccc(Cl)cc2)CCO1)C(=O)Cc1ccccc1. The minimum atomic E-state index is -0.200. The van der Waals surface area contributed by atoms with Crippen LogP contribution in [0, 0.1) is 5.92 Å². The summed E-state index contributed by atoms with van der Waals surface area (Å²) < 4.78 is 5.92. The maximum atomic E-state index is 13.0. The van der Waals surface area contributed by atoms with Gasteiger partial charge in [0, 0.05) is 36.8 Å². The smallest absolute Gasteiger partial charge is 0.254 e. The maximum Gasteiger partial charge on any atom is 0.254 e. The van der Waals surface area contributed by atoms with Crippen LogP contribution in [-0.2, 0) is 16.0 Å². The lowest BCUT2D eigenvalue weighted by molar-refractivity contribution is -0.134. The largest absolute Gasteiger partial charge is 0.373 e. The number of carbonyl (C=O) groups excluding carboxylic acids is 2. The van der Waals surface area contributed by atoms with Gasteiger partial charge in [-0.05, 0) is 35.7 Å². The van der Waals surface area contributed by atoms with Crippen molar-refractivity contribution >= 4 is 23.4 Å². The van der Waals surface area contributed by atoms with Gasteiger partial charge in [0.05, 0.1) is 19.1 Å². The molecule has 0 N–H and O–H groups in total. The third-order valence-corrected chi connectivity index (χ3v) is 5.33. The van der Waals surface area contributed by atoms with Gasteiger partial charge in [0.15, 0.2) is 0 Å². The molecule has 1 heterocycles. The number of hydrogen-bond donors (Lipinski definition) is 0. The van der Waals surface area contributed by atoms with Gasteiger partial charge < -0.3 is 14.5 Å². The molecule has 0 unspecified atom stereocenters. The predicted octanol–water partition coefficient (Wildman–Crippen LogP) is 3.91. The van der Waals surface area contributed by atoms with Crippen molar-refractivity contribution in [2.75, 3.05) is 32.8 Å². The molecule has 0 radical (unpaired) electrons. The first kappa shape index (κ1) is 22.3. The number of nitrogens with zero attached hydrogens (tertiary/aromatic N) is 2. The predicted molar refractivity (Wildman–Crippen MR) is 119 cm³/mol. The Kier molecular flexibility index (Phi) is 7.88. The van der Waals surface area contributed by atoms with E-state index in [1.807, 2.05) is 35.2 Å². The fraction of sp³-hybridized carbons (Fsp3) is 0.417. The molecule has 1 atom stereocenters. The van der Waals surface area contributed by atoms with E-state index < -0.39 is 0 Å². The second-order valence-electron chi connectivity index (χ2n) is 8.11. The third kappa shape index (κ3) is 6.31. The van der Waals surface area contributed by atoms with Crippen molar-refractivity contribution in [1.82, 2.24) is 9.80 Å². The molecular formula is C24H29ClN2O3. The molecule has 30 heavy (non-hydrogen) atoms. The van der Waals surface area contributed by atoms with Crippen molar-refractivity contribution in [2.45, 2.75) is 26.4 Å². The number of benzene rings is 2. The molecule has 0 aliphatic carbocycles. The molecule has 1 saturated heterocycles. The molecule has 2 aromatic carbocycles. The lowest BCUT2D eigenvalue weighted by atomic mass is 10.1. The Bertz CT molecular complexity index is 839. The molecule has 6 heteroatoms. The van der Waals surface area contributed by atoms with Crippen LogP contribution in [0.3, 0.4) is 0 Å². The summed E-state index contributed by atoms with van der Waals surface area (Å²) in [6.45, 7) is 6.81. The van der Waals surface area contributed by atoms with Crippen LogP contribution in [0.4, 0.5) is 0 Å². The minimum Gasteiger partial charge on any atom is -0.373 e.